The highest BCUT2D eigenvalue weighted by molar-refractivity contribution is 5.76. The van der Waals surface area contributed by atoms with E-state index in [9.17, 15) is 9.59 Å². The lowest BCUT2D eigenvalue weighted by Crippen LogP contribution is -2.27. The Labute approximate surface area is 95.6 Å². The standard InChI is InChI=1S/C11H20N2O3/c14-10(7-9-4-6-12-8-9)13-5-2-1-3-11(15)16/h9,12H,1-8H2,(H,13,14)(H,15,16). The molecule has 1 aliphatic heterocycles. The van der Waals surface area contributed by atoms with Crippen molar-refractivity contribution >= 4 is 11.9 Å². The minimum atomic E-state index is -0.775. The first-order valence-electron chi connectivity index (χ1n) is 5.87. The van der Waals surface area contributed by atoms with Crippen molar-refractivity contribution in [3.63, 3.8) is 0 Å². The van der Waals surface area contributed by atoms with Crippen LogP contribution in [0.4, 0.5) is 0 Å². The average molecular weight is 228 g/mol. The zero-order valence-corrected chi connectivity index (χ0v) is 9.50. The topological polar surface area (TPSA) is 78.4 Å². The molecule has 5 nitrogen and oxygen atoms in total. The summed E-state index contributed by atoms with van der Waals surface area (Å²) in [7, 11) is 0. The van der Waals surface area contributed by atoms with Crippen LogP contribution in [0, 0.1) is 5.92 Å². The van der Waals surface area contributed by atoms with Crippen LogP contribution in [-0.4, -0.2) is 36.6 Å². The third-order valence-corrected chi connectivity index (χ3v) is 2.78. The Balaban J connectivity index is 1.95. The number of carboxylic acid groups (broad SMARTS) is 1. The van der Waals surface area contributed by atoms with Gasteiger partial charge < -0.3 is 15.7 Å². The normalized spacial score (nSPS) is 19.6. The highest BCUT2D eigenvalue weighted by Gasteiger charge is 2.17. The Morgan fingerprint density at radius 1 is 1.38 bits per heavy atom. The van der Waals surface area contributed by atoms with E-state index < -0.39 is 5.97 Å². The third kappa shape index (κ3) is 5.70. The smallest absolute Gasteiger partial charge is 0.303 e. The van der Waals surface area contributed by atoms with Crippen molar-refractivity contribution in [3.05, 3.63) is 0 Å². The Hall–Kier alpha value is -1.10. The lowest BCUT2D eigenvalue weighted by Gasteiger charge is -2.08. The Morgan fingerprint density at radius 3 is 2.81 bits per heavy atom. The number of aliphatic carboxylic acids is 1. The van der Waals surface area contributed by atoms with Crippen molar-refractivity contribution in [2.75, 3.05) is 19.6 Å². The molecule has 1 atom stereocenters. The summed E-state index contributed by atoms with van der Waals surface area (Å²) in [6.07, 6.45) is 3.21. The predicted molar refractivity (Wildman–Crippen MR) is 60.1 cm³/mol. The monoisotopic (exact) mass is 228 g/mol. The van der Waals surface area contributed by atoms with E-state index >= 15 is 0 Å². The molecule has 1 aliphatic rings. The maximum Gasteiger partial charge on any atom is 0.303 e. The van der Waals surface area contributed by atoms with Crippen LogP contribution in [0.15, 0.2) is 0 Å². The molecule has 0 bridgehead atoms. The highest BCUT2D eigenvalue weighted by Crippen LogP contribution is 2.11. The minimum Gasteiger partial charge on any atom is -0.481 e. The minimum absolute atomic E-state index is 0.0871. The van der Waals surface area contributed by atoms with Gasteiger partial charge in [0.2, 0.25) is 5.91 Å². The van der Waals surface area contributed by atoms with Crippen LogP contribution < -0.4 is 10.6 Å². The molecule has 1 heterocycles. The SMILES string of the molecule is O=C(O)CCCCNC(=O)CC1CCNC1. The van der Waals surface area contributed by atoms with Gasteiger partial charge in [0.15, 0.2) is 0 Å². The van der Waals surface area contributed by atoms with Crippen LogP contribution in [0.5, 0.6) is 0 Å². The van der Waals surface area contributed by atoms with E-state index in [0.717, 1.165) is 25.9 Å². The molecule has 0 aromatic rings. The lowest BCUT2D eigenvalue weighted by atomic mass is 10.0. The number of carbonyl (C=O) groups is 2. The number of amides is 1. The molecule has 92 valence electrons. The molecule has 0 radical (unpaired) electrons. The quantitative estimate of drug-likeness (QED) is 0.550. The van der Waals surface area contributed by atoms with Gasteiger partial charge >= 0.3 is 5.97 Å². The first kappa shape index (κ1) is 13.0. The molecule has 0 aromatic carbocycles. The van der Waals surface area contributed by atoms with E-state index in [1.165, 1.54) is 0 Å². The first-order valence-corrected chi connectivity index (χ1v) is 5.87. The zero-order valence-electron chi connectivity index (χ0n) is 9.50. The molecular formula is C11H20N2O3. The molecule has 0 aromatic heterocycles. The van der Waals surface area contributed by atoms with Gasteiger partial charge in [-0.2, -0.15) is 0 Å². The molecule has 5 heteroatoms. The van der Waals surface area contributed by atoms with E-state index in [4.69, 9.17) is 5.11 Å². The van der Waals surface area contributed by atoms with Gasteiger partial charge in [-0.25, -0.2) is 0 Å². The summed E-state index contributed by atoms with van der Waals surface area (Å²) >= 11 is 0. The van der Waals surface area contributed by atoms with Gasteiger partial charge in [-0.15, -0.1) is 0 Å². The number of hydrogen-bond acceptors (Lipinski definition) is 3. The molecule has 1 fully saturated rings. The molecule has 1 saturated heterocycles. The van der Waals surface area contributed by atoms with Crippen molar-refractivity contribution in [3.8, 4) is 0 Å². The number of carbonyl (C=O) groups excluding carboxylic acids is 1. The maximum absolute atomic E-state index is 11.4. The Bertz CT molecular complexity index is 237. The first-order chi connectivity index (χ1) is 7.68. The fourth-order valence-electron chi connectivity index (χ4n) is 1.85. The summed E-state index contributed by atoms with van der Waals surface area (Å²) in [4.78, 5) is 21.7. The second kappa shape index (κ2) is 7.22. The van der Waals surface area contributed by atoms with E-state index in [1.54, 1.807) is 0 Å². The predicted octanol–water partition coefficient (Wildman–Crippen LogP) is 0.357. The number of unbranched alkanes of at least 4 members (excludes halogenated alkanes) is 1. The van der Waals surface area contributed by atoms with Crippen LogP contribution in [-0.2, 0) is 9.59 Å². The summed E-state index contributed by atoms with van der Waals surface area (Å²) in [5.74, 6) is -0.216. The van der Waals surface area contributed by atoms with Gasteiger partial charge in [0.1, 0.15) is 0 Å². The van der Waals surface area contributed by atoms with Crippen LogP contribution in [0.1, 0.15) is 32.1 Å². The Morgan fingerprint density at radius 2 is 2.19 bits per heavy atom. The molecule has 3 N–H and O–H groups in total. The van der Waals surface area contributed by atoms with Crippen LogP contribution >= 0.6 is 0 Å². The second-order valence-electron chi connectivity index (χ2n) is 4.26. The largest absolute Gasteiger partial charge is 0.481 e. The second-order valence-corrected chi connectivity index (χ2v) is 4.26. The van der Waals surface area contributed by atoms with Crippen molar-refractivity contribution in [2.45, 2.75) is 32.1 Å². The summed E-state index contributed by atoms with van der Waals surface area (Å²) in [5.41, 5.74) is 0. The molecule has 16 heavy (non-hydrogen) atoms. The number of rotatable bonds is 7. The van der Waals surface area contributed by atoms with Crippen LogP contribution in [0.3, 0.4) is 0 Å². The summed E-state index contributed by atoms with van der Waals surface area (Å²) in [5, 5.41) is 14.5. The van der Waals surface area contributed by atoms with Gasteiger partial charge in [-0.1, -0.05) is 0 Å². The van der Waals surface area contributed by atoms with E-state index in [-0.39, 0.29) is 12.3 Å². The van der Waals surface area contributed by atoms with Crippen LogP contribution in [0.25, 0.3) is 0 Å². The Kier molecular flexibility index (Phi) is 5.85. The third-order valence-electron chi connectivity index (χ3n) is 2.78. The zero-order chi connectivity index (χ0) is 11.8. The van der Waals surface area contributed by atoms with E-state index in [1.807, 2.05) is 0 Å². The summed E-state index contributed by atoms with van der Waals surface area (Å²) < 4.78 is 0. The molecule has 0 spiro atoms. The van der Waals surface area contributed by atoms with E-state index in [0.29, 0.717) is 25.3 Å². The lowest BCUT2D eigenvalue weighted by molar-refractivity contribution is -0.137. The van der Waals surface area contributed by atoms with Crippen LogP contribution in [0.2, 0.25) is 0 Å². The molecule has 0 aliphatic carbocycles. The van der Waals surface area contributed by atoms with Crippen molar-refractivity contribution in [2.24, 2.45) is 5.92 Å². The number of nitrogens with one attached hydrogen (secondary N) is 2. The van der Waals surface area contributed by atoms with Gasteiger partial charge in [-0.05, 0) is 38.3 Å². The molecule has 1 amide bonds. The van der Waals surface area contributed by atoms with Gasteiger partial charge in [0.25, 0.3) is 0 Å². The molecule has 0 saturated carbocycles. The fourth-order valence-corrected chi connectivity index (χ4v) is 1.85. The van der Waals surface area contributed by atoms with Gasteiger partial charge in [-0.3, -0.25) is 9.59 Å². The maximum atomic E-state index is 11.4. The number of carboxylic acids is 1. The average Bonchev–Trinajstić information content (AvgIpc) is 2.69. The summed E-state index contributed by atoms with van der Waals surface area (Å²) in [6, 6.07) is 0. The summed E-state index contributed by atoms with van der Waals surface area (Å²) in [6.45, 7) is 2.54. The van der Waals surface area contributed by atoms with Crippen molar-refractivity contribution in [1.29, 1.82) is 0 Å². The fraction of sp³-hybridized carbons (Fsp3) is 0.818. The van der Waals surface area contributed by atoms with Crippen molar-refractivity contribution < 1.29 is 14.7 Å². The van der Waals surface area contributed by atoms with E-state index in [2.05, 4.69) is 10.6 Å². The molecule has 1 rings (SSSR count). The number of hydrogen-bond donors (Lipinski definition) is 3. The molecule has 1 unspecified atom stereocenters. The van der Waals surface area contributed by atoms with Gasteiger partial charge in [0.05, 0.1) is 0 Å². The van der Waals surface area contributed by atoms with Crippen molar-refractivity contribution in [1.82, 2.24) is 10.6 Å². The van der Waals surface area contributed by atoms with Gasteiger partial charge in [0, 0.05) is 19.4 Å². The molecular weight excluding hydrogens is 208 g/mol. The highest BCUT2D eigenvalue weighted by atomic mass is 16.4.